The fourth-order valence-corrected chi connectivity index (χ4v) is 4.20. The van der Waals surface area contributed by atoms with Crippen molar-refractivity contribution in [1.82, 2.24) is 25.2 Å². The lowest BCUT2D eigenvalue weighted by Gasteiger charge is -2.46. The van der Waals surface area contributed by atoms with Gasteiger partial charge in [-0.1, -0.05) is 0 Å². The van der Waals surface area contributed by atoms with Crippen LogP contribution in [0.3, 0.4) is 0 Å². The number of rotatable bonds is 1. The maximum absolute atomic E-state index is 12.3. The molecule has 0 aromatic carbocycles. The summed E-state index contributed by atoms with van der Waals surface area (Å²) in [6, 6.07) is 1.70. The van der Waals surface area contributed by atoms with Gasteiger partial charge in [0, 0.05) is 25.8 Å². The molecule has 2 aliphatic rings. The van der Waals surface area contributed by atoms with Crippen LogP contribution in [0.4, 0.5) is 10.6 Å². The normalized spacial score (nSPS) is 23.6. The molecule has 2 fully saturated rings. The standard InChI is InChI=1S/C16H19N7O/c17-10-19-15(24)23-8-2-5-16(23)4-1-7-22(9-16)14-12-3-6-18-13(12)20-11-21-14/h3,6,11H,1-2,4-5,7-9H2,(H,19,24)(H,18,20,21). The predicted octanol–water partition coefficient (Wildman–Crippen LogP) is 1.58. The first-order chi connectivity index (χ1) is 11.7. The molecule has 2 amide bonds. The van der Waals surface area contributed by atoms with Crippen LogP contribution in [0.15, 0.2) is 18.6 Å². The van der Waals surface area contributed by atoms with Gasteiger partial charge in [0.25, 0.3) is 0 Å². The summed E-state index contributed by atoms with van der Waals surface area (Å²) < 4.78 is 0. The molecule has 1 unspecified atom stereocenters. The van der Waals surface area contributed by atoms with Crippen LogP contribution in [0.1, 0.15) is 25.7 Å². The van der Waals surface area contributed by atoms with Crippen molar-refractivity contribution >= 4 is 22.9 Å². The molecular formula is C16H19N7O. The second-order valence-corrected chi connectivity index (χ2v) is 6.48. The fourth-order valence-electron chi connectivity index (χ4n) is 4.20. The first kappa shape index (κ1) is 14.8. The van der Waals surface area contributed by atoms with Crippen LogP contribution in [0.25, 0.3) is 11.0 Å². The van der Waals surface area contributed by atoms with Gasteiger partial charge in [0.05, 0.1) is 10.9 Å². The number of likely N-dealkylation sites (tertiary alicyclic amines) is 1. The maximum atomic E-state index is 12.3. The van der Waals surface area contributed by atoms with Crippen molar-refractivity contribution in [3.8, 4) is 6.19 Å². The molecule has 0 aliphatic carbocycles. The van der Waals surface area contributed by atoms with E-state index in [1.165, 1.54) is 0 Å². The number of anilines is 1. The van der Waals surface area contributed by atoms with Crippen LogP contribution in [0, 0.1) is 11.5 Å². The molecule has 4 rings (SSSR count). The molecular weight excluding hydrogens is 306 g/mol. The van der Waals surface area contributed by atoms with Gasteiger partial charge in [-0.2, -0.15) is 5.26 Å². The smallest absolute Gasteiger partial charge is 0.331 e. The number of hydrogen-bond acceptors (Lipinski definition) is 5. The van der Waals surface area contributed by atoms with E-state index in [2.05, 4.69) is 25.2 Å². The van der Waals surface area contributed by atoms with Crippen LogP contribution in [0.2, 0.25) is 0 Å². The van der Waals surface area contributed by atoms with Gasteiger partial charge in [0.2, 0.25) is 0 Å². The first-order valence-corrected chi connectivity index (χ1v) is 8.23. The monoisotopic (exact) mass is 325 g/mol. The molecule has 1 spiro atoms. The second kappa shape index (κ2) is 5.67. The van der Waals surface area contributed by atoms with E-state index in [0.29, 0.717) is 6.54 Å². The van der Waals surface area contributed by atoms with Crippen LogP contribution >= 0.6 is 0 Å². The number of piperidine rings is 1. The van der Waals surface area contributed by atoms with Crippen LogP contribution in [-0.4, -0.2) is 51.1 Å². The van der Waals surface area contributed by atoms with E-state index in [1.54, 1.807) is 12.5 Å². The van der Waals surface area contributed by atoms with Crippen LogP contribution < -0.4 is 10.2 Å². The number of fused-ring (bicyclic) bond motifs is 1. The average Bonchev–Trinajstić information content (AvgIpc) is 3.22. The van der Waals surface area contributed by atoms with Gasteiger partial charge in [-0.05, 0) is 31.7 Å². The Kier molecular flexibility index (Phi) is 3.49. The number of amides is 2. The van der Waals surface area contributed by atoms with E-state index in [-0.39, 0.29) is 11.6 Å². The quantitative estimate of drug-likeness (QED) is 0.612. The summed E-state index contributed by atoms with van der Waals surface area (Å²) in [4.78, 5) is 28.2. The summed E-state index contributed by atoms with van der Waals surface area (Å²) in [6.07, 6.45) is 9.07. The molecule has 2 aliphatic heterocycles. The second-order valence-electron chi connectivity index (χ2n) is 6.48. The zero-order valence-electron chi connectivity index (χ0n) is 13.3. The number of urea groups is 1. The molecule has 8 nitrogen and oxygen atoms in total. The summed E-state index contributed by atoms with van der Waals surface area (Å²) in [7, 11) is 0. The van der Waals surface area contributed by atoms with E-state index in [4.69, 9.17) is 5.26 Å². The van der Waals surface area contributed by atoms with Crippen molar-refractivity contribution in [3.05, 3.63) is 18.6 Å². The number of nitriles is 1. The lowest BCUT2D eigenvalue weighted by atomic mass is 9.86. The lowest BCUT2D eigenvalue weighted by molar-refractivity contribution is 0.133. The van der Waals surface area contributed by atoms with Crippen molar-refractivity contribution in [2.75, 3.05) is 24.5 Å². The SMILES string of the molecule is N#CNC(=O)N1CCCC12CCCN(c1ncnc3[nH]ccc13)C2. The molecule has 2 aromatic rings. The van der Waals surface area contributed by atoms with Gasteiger partial charge < -0.3 is 14.8 Å². The topological polar surface area (TPSA) is 101 Å². The van der Waals surface area contributed by atoms with Crippen molar-refractivity contribution < 1.29 is 4.79 Å². The third-order valence-corrected chi connectivity index (χ3v) is 5.19. The van der Waals surface area contributed by atoms with Crippen molar-refractivity contribution in [1.29, 1.82) is 5.26 Å². The third kappa shape index (κ3) is 2.24. The summed E-state index contributed by atoms with van der Waals surface area (Å²) >= 11 is 0. The number of nitrogens with zero attached hydrogens (tertiary/aromatic N) is 5. The Morgan fingerprint density at radius 3 is 3.00 bits per heavy atom. The van der Waals surface area contributed by atoms with Crippen LogP contribution in [-0.2, 0) is 0 Å². The first-order valence-electron chi connectivity index (χ1n) is 8.23. The number of H-pyrrole nitrogens is 1. The van der Waals surface area contributed by atoms with E-state index in [1.807, 2.05) is 17.2 Å². The third-order valence-electron chi connectivity index (χ3n) is 5.19. The van der Waals surface area contributed by atoms with E-state index in [9.17, 15) is 4.79 Å². The Balaban J connectivity index is 1.65. The van der Waals surface area contributed by atoms with Crippen molar-refractivity contribution in [3.63, 3.8) is 0 Å². The number of nitrogens with one attached hydrogen (secondary N) is 2. The number of carbonyl (C=O) groups excluding carboxylic acids is 1. The number of hydrogen-bond donors (Lipinski definition) is 2. The zero-order chi connectivity index (χ0) is 16.6. The molecule has 0 radical (unpaired) electrons. The van der Waals surface area contributed by atoms with E-state index < -0.39 is 0 Å². The lowest BCUT2D eigenvalue weighted by Crippen LogP contribution is -2.59. The predicted molar refractivity (Wildman–Crippen MR) is 88.2 cm³/mol. The van der Waals surface area contributed by atoms with Gasteiger partial charge in [-0.15, -0.1) is 0 Å². The molecule has 2 aromatic heterocycles. The Labute approximate surface area is 139 Å². The Morgan fingerprint density at radius 2 is 2.17 bits per heavy atom. The highest BCUT2D eigenvalue weighted by Crippen LogP contribution is 2.39. The molecule has 0 bridgehead atoms. The molecule has 1 atom stereocenters. The number of aromatic nitrogens is 3. The van der Waals surface area contributed by atoms with Gasteiger partial charge in [0.15, 0.2) is 6.19 Å². The van der Waals surface area contributed by atoms with Gasteiger partial charge >= 0.3 is 6.03 Å². The summed E-state index contributed by atoms with van der Waals surface area (Å²) in [6.45, 7) is 2.35. The molecule has 0 saturated carbocycles. The summed E-state index contributed by atoms with van der Waals surface area (Å²) in [5, 5.41) is 12.1. The van der Waals surface area contributed by atoms with Crippen LogP contribution in [0.5, 0.6) is 0 Å². The maximum Gasteiger partial charge on any atom is 0.331 e. The highest BCUT2D eigenvalue weighted by Gasteiger charge is 2.46. The summed E-state index contributed by atoms with van der Waals surface area (Å²) in [5.74, 6) is 0.910. The van der Waals surface area contributed by atoms with Crippen molar-refractivity contribution in [2.45, 2.75) is 31.2 Å². The summed E-state index contributed by atoms with van der Waals surface area (Å²) in [5.41, 5.74) is 0.609. The van der Waals surface area contributed by atoms with E-state index >= 15 is 0 Å². The van der Waals surface area contributed by atoms with Gasteiger partial charge in [-0.25, -0.2) is 20.1 Å². The molecule has 124 valence electrons. The highest BCUT2D eigenvalue weighted by atomic mass is 16.2. The minimum atomic E-state index is -0.286. The Bertz CT molecular complexity index is 810. The zero-order valence-corrected chi connectivity index (χ0v) is 13.3. The minimum Gasteiger partial charge on any atom is -0.354 e. The van der Waals surface area contributed by atoms with E-state index in [0.717, 1.165) is 55.6 Å². The fraction of sp³-hybridized carbons (Fsp3) is 0.500. The highest BCUT2D eigenvalue weighted by molar-refractivity contribution is 5.87. The minimum absolute atomic E-state index is 0.216. The molecule has 4 heterocycles. The Morgan fingerprint density at radius 1 is 1.33 bits per heavy atom. The van der Waals surface area contributed by atoms with Crippen molar-refractivity contribution in [2.24, 2.45) is 0 Å². The molecule has 24 heavy (non-hydrogen) atoms. The molecule has 2 saturated heterocycles. The largest absolute Gasteiger partial charge is 0.354 e. The van der Waals surface area contributed by atoms with Gasteiger partial charge in [-0.3, -0.25) is 0 Å². The van der Waals surface area contributed by atoms with Gasteiger partial charge in [0.1, 0.15) is 17.8 Å². The molecule has 2 N–H and O–H groups in total. The number of carbonyl (C=O) groups is 1. The number of aromatic amines is 1. The molecule has 8 heteroatoms. The Hall–Kier alpha value is -2.82. The average molecular weight is 325 g/mol.